The van der Waals surface area contributed by atoms with Gasteiger partial charge in [-0.15, -0.1) is 0 Å². The van der Waals surface area contributed by atoms with Crippen LogP contribution >= 0.6 is 15.9 Å². The van der Waals surface area contributed by atoms with Gasteiger partial charge in [0.15, 0.2) is 11.6 Å². The van der Waals surface area contributed by atoms with Crippen LogP contribution in [0, 0.1) is 0 Å². The molecule has 1 heterocycles. The molecule has 0 bridgehead atoms. The van der Waals surface area contributed by atoms with Crippen LogP contribution in [0.1, 0.15) is 27.6 Å². The lowest BCUT2D eigenvalue weighted by Crippen LogP contribution is -2.18. The summed E-state index contributed by atoms with van der Waals surface area (Å²) in [5.74, 6) is 0.249. The highest BCUT2D eigenvalue weighted by atomic mass is 79.9. The van der Waals surface area contributed by atoms with E-state index in [9.17, 15) is 9.59 Å². The molecule has 1 aromatic heterocycles. The maximum atomic E-state index is 11.6. The fourth-order valence-corrected chi connectivity index (χ4v) is 5.24. The Morgan fingerprint density at radius 3 is 1.55 bits per heavy atom. The minimum absolute atomic E-state index is 0.122. The number of benzene rings is 6. The number of alkyl halides is 1. The summed E-state index contributed by atoms with van der Waals surface area (Å²) in [6, 6.07) is 41.1. The number of nitrogens with zero attached hydrogens (tertiary/aromatic N) is 1. The van der Waals surface area contributed by atoms with Gasteiger partial charge in [-0.1, -0.05) is 143 Å². The van der Waals surface area contributed by atoms with Crippen molar-refractivity contribution in [2.24, 2.45) is 11.5 Å². The number of primary amides is 2. The molecule has 47 heavy (non-hydrogen) atoms. The first-order valence-corrected chi connectivity index (χ1v) is 15.6. The largest absolute Gasteiger partial charge is 0.432 e. The highest BCUT2D eigenvalue weighted by Gasteiger charge is 2.08. The van der Waals surface area contributed by atoms with E-state index >= 15 is 0 Å². The zero-order valence-corrected chi connectivity index (χ0v) is 27.2. The van der Waals surface area contributed by atoms with Crippen LogP contribution in [0.4, 0.5) is 10.8 Å². The topological polar surface area (TPSA) is 155 Å². The van der Waals surface area contributed by atoms with Crippen molar-refractivity contribution in [2.45, 2.75) is 6.92 Å². The molecule has 0 atom stereocenters. The van der Waals surface area contributed by atoms with Gasteiger partial charge >= 0.3 is 6.03 Å². The van der Waals surface area contributed by atoms with Gasteiger partial charge in [-0.3, -0.25) is 9.59 Å². The molecule has 7 rings (SSSR count). The average Bonchev–Trinajstić information content (AvgIpc) is 3.53. The van der Waals surface area contributed by atoms with E-state index in [1.54, 1.807) is 13.2 Å². The molecule has 0 aliphatic rings. The van der Waals surface area contributed by atoms with E-state index in [1.165, 1.54) is 5.39 Å². The molecule has 0 unspecified atom stereocenters. The minimum Gasteiger partial charge on any atom is -0.432 e. The van der Waals surface area contributed by atoms with Crippen LogP contribution in [0.2, 0.25) is 0 Å². The number of anilines is 1. The zero-order valence-electron chi connectivity index (χ0n) is 25.6. The van der Waals surface area contributed by atoms with Gasteiger partial charge in [-0.2, -0.15) is 4.98 Å². The number of aromatic nitrogens is 1. The fraction of sp³-hybridized carbons (Fsp3) is 0.0526. The zero-order chi connectivity index (χ0) is 33.8. The van der Waals surface area contributed by atoms with Gasteiger partial charge in [-0.25, -0.2) is 4.79 Å². The second kappa shape index (κ2) is 16.5. The predicted molar refractivity (Wildman–Crippen MR) is 194 cm³/mol. The van der Waals surface area contributed by atoms with Gasteiger partial charge in [0.25, 0.3) is 6.01 Å². The summed E-state index contributed by atoms with van der Waals surface area (Å²) in [5, 5.41) is 7.01. The van der Waals surface area contributed by atoms with E-state index in [2.05, 4.69) is 50.6 Å². The maximum absolute atomic E-state index is 11.6. The van der Waals surface area contributed by atoms with E-state index in [-0.39, 0.29) is 17.6 Å². The van der Waals surface area contributed by atoms with Crippen LogP contribution in [-0.2, 0) is 0 Å². The summed E-state index contributed by atoms with van der Waals surface area (Å²) < 4.78 is 5.03. The third kappa shape index (κ3) is 9.12. The number of carbonyl (C=O) groups is 3. The summed E-state index contributed by atoms with van der Waals surface area (Å²) in [6.45, 7) is 1.60. The van der Waals surface area contributed by atoms with Crippen molar-refractivity contribution in [1.29, 1.82) is 0 Å². The summed E-state index contributed by atoms with van der Waals surface area (Å²) in [6.07, 6.45) is 1.58. The quantitative estimate of drug-likeness (QED) is 0.124. The van der Waals surface area contributed by atoms with Gasteiger partial charge in [0.05, 0.1) is 5.33 Å². The van der Waals surface area contributed by atoms with Crippen LogP contribution in [0.3, 0.4) is 0 Å². The first-order chi connectivity index (χ1) is 22.7. The lowest BCUT2D eigenvalue weighted by atomic mass is 10.0. The summed E-state index contributed by atoms with van der Waals surface area (Å²) in [5.41, 5.74) is 17.4. The van der Waals surface area contributed by atoms with Crippen molar-refractivity contribution in [3.63, 3.8) is 0 Å². The number of urea groups is 1. The van der Waals surface area contributed by atoms with Crippen molar-refractivity contribution in [2.75, 3.05) is 11.1 Å². The fourth-order valence-electron chi connectivity index (χ4n) is 4.93. The third-order valence-electron chi connectivity index (χ3n) is 6.97. The standard InChI is InChI=1S/C13H10N2O.C12H9BrO.C12H10O.CH4N2O/c14-13-15-12(8-16-13)11-7-3-5-9-4-1-2-6-10(9)11;13-8-12(14)11-7-3-5-9-4-1-2-6-10(9)11;1-9(13)11-8-4-6-10-5-2-3-7-12(10)11;2-1(3)4/h1-8H,(H2,14,15);1-7H,8H2;2-8H,1H3;(H4,2,3,4). The molecule has 8 nitrogen and oxygen atoms in total. The number of hydrogen-bond acceptors (Lipinski definition) is 6. The average molecular weight is 690 g/mol. The Kier molecular flexibility index (Phi) is 12.0. The molecule has 9 heteroatoms. The molecule has 0 spiro atoms. The van der Waals surface area contributed by atoms with E-state index < -0.39 is 6.03 Å². The summed E-state index contributed by atoms with van der Waals surface area (Å²) in [4.78, 5) is 36.0. The second-order valence-corrected chi connectivity index (χ2v) is 10.7. The van der Waals surface area contributed by atoms with E-state index in [0.717, 1.165) is 49.3 Å². The minimum atomic E-state index is -0.833. The second-order valence-electron chi connectivity index (χ2n) is 10.2. The summed E-state index contributed by atoms with van der Waals surface area (Å²) >= 11 is 3.19. The molecule has 236 valence electrons. The Bertz CT molecular complexity index is 2140. The Morgan fingerprint density at radius 2 is 1.06 bits per heavy atom. The number of Topliss-reactive ketones (excluding diaryl/α,β-unsaturated/α-hetero) is 2. The van der Waals surface area contributed by atoms with E-state index in [1.807, 2.05) is 109 Å². The van der Waals surface area contributed by atoms with Crippen molar-refractivity contribution in [3.8, 4) is 11.3 Å². The number of nitrogen functional groups attached to an aromatic ring is 1. The molecule has 6 aromatic carbocycles. The van der Waals surface area contributed by atoms with Crippen molar-refractivity contribution >= 4 is 71.9 Å². The van der Waals surface area contributed by atoms with Crippen molar-refractivity contribution in [3.05, 3.63) is 145 Å². The monoisotopic (exact) mass is 688 g/mol. The summed E-state index contributed by atoms with van der Waals surface area (Å²) in [7, 11) is 0. The van der Waals surface area contributed by atoms with Crippen molar-refractivity contribution < 1.29 is 18.8 Å². The van der Waals surface area contributed by atoms with Gasteiger partial charge in [0, 0.05) is 16.7 Å². The number of ketones is 2. The normalized spacial score (nSPS) is 10.1. The molecule has 6 N–H and O–H groups in total. The lowest BCUT2D eigenvalue weighted by molar-refractivity contribution is 0.101. The van der Waals surface area contributed by atoms with Crippen LogP contribution < -0.4 is 17.2 Å². The van der Waals surface area contributed by atoms with E-state index in [0.29, 0.717) is 5.33 Å². The van der Waals surface area contributed by atoms with Gasteiger partial charge < -0.3 is 21.6 Å². The first-order valence-electron chi connectivity index (χ1n) is 14.5. The molecule has 7 aromatic rings. The SMILES string of the molecule is CC(=O)c1cccc2ccccc12.NC(N)=O.Nc1nc(-c2cccc3ccccc23)co1.O=C(CBr)c1cccc2ccccc12. The Labute approximate surface area is 280 Å². The Balaban J connectivity index is 0.000000152. The number of nitrogens with two attached hydrogens (primary N) is 3. The van der Waals surface area contributed by atoms with Gasteiger partial charge in [0.1, 0.15) is 12.0 Å². The number of hydrogen-bond donors (Lipinski definition) is 3. The van der Waals surface area contributed by atoms with E-state index in [4.69, 9.17) is 14.9 Å². The Hall–Kier alpha value is -5.80. The highest BCUT2D eigenvalue weighted by molar-refractivity contribution is 9.09. The molecule has 0 aliphatic heterocycles. The highest BCUT2D eigenvalue weighted by Crippen LogP contribution is 2.28. The van der Waals surface area contributed by atoms with Gasteiger partial charge in [0.2, 0.25) is 0 Å². The van der Waals surface area contributed by atoms with Crippen LogP contribution in [0.15, 0.2) is 138 Å². The lowest BCUT2D eigenvalue weighted by Gasteiger charge is -2.02. The molecule has 0 fully saturated rings. The smallest absolute Gasteiger partial charge is 0.309 e. The number of oxazole rings is 1. The van der Waals surface area contributed by atoms with Crippen LogP contribution in [0.25, 0.3) is 43.6 Å². The molecule has 0 saturated carbocycles. The molecule has 2 amide bonds. The molecule has 0 radical (unpaired) electrons. The van der Waals surface area contributed by atoms with Crippen molar-refractivity contribution in [1.82, 2.24) is 4.98 Å². The van der Waals surface area contributed by atoms with Crippen LogP contribution in [0.5, 0.6) is 0 Å². The molecule has 0 aliphatic carbocycles. The number of carbonyl (C=O) groups excluding carboxylic acids is 3. The molecular weight excluding hydrogens is 656 g/mol. The predicted octanol–water partition coefficient (Wildman–Crippen LogP) is 8.56. The maximum Gasteiger partial charge on any atom is 0.309 e. The molecular formula is C38H33BrN4O4. The number of fused-ring (bicyclic) bond motifs is 3. The Morgan fingerprint density at radius 1 is 0.638 bits per heavy atom. The first kappa shape index (κ1) is 34.1. The number of halogens is 1. The van der Waals surface area contributed by atoms with Gasteiger partial charge in [-0.05, 0) is 39.2 Å². The number of rotatable bonds is 4. The molecule has 0 saturated heterocycles. The third-order valence-corrected chi connectivity index (χ3v) is 7.48. The van der Waals surface area contributed by atoms with Crippen LogP contribution in [-0.4, -0.2) is 27.9 Å². The number of amides is 2.